The third-order valence-electron chi connectivity index (χ3n) is 9.04. The Morgan fingerprint density at radius 3 is 2.38 bits per heavy atom. The van der Waals surface area contributed by atoms with E-state index in [-0.39, 0.29) is 17.3 Å². The van der Waals surface area contributed by atoms with Crippen LogP contribution in [0.3, 0.4) is 0 Å². The Hall–Kier alpha value is -3.89. The third-order valence-corrected chi connectivity index (χ3v) is 9.28. The molecule has 238 valence electrons. The first-order chi connectivity index (χ1) is 21.5. The Morgan fingerprint density at radius 2 is 1.71 bits per heavy atom. The SMILES string of the molecule is CN1CCN(C(=O)OC2(C)CC2)CC1.Cn1cncc1[C@H](NC(=O)OC1(C)CC1)C1=Cc2cccnc2Cc2ccc(Cl)cc21. The number of carbonyl (C=O) groups is 2. The first-order valence-electron chi connectivity index (χ1n) is 15.6. The van der Waals surface area contributed by atoms with Crippen LogP contribution in [-0.2, 0) is 22.9 Å². The number of rotatable bonds is 5. The highest BCUT2D eigenvalue weighted by Crippen LogP contribution is 2.41. The minimum Gasteiger partial charge on any atom is -0.443 e. The standard InChI is InChI=1S/C24H23ClN4O2.C10H18N2O2/c1-24(7-8-24)31-23(30)28-22(21-13-26-14-29(21)2)19-10-16-4-3-9-27-20(16)11-15-5-6-17(25)12-18(15)19;1-10(3-4-10)14-9(13)12-7-5-11(2)6-8-12/h3-6,9-10,12-14,22H,7-8,11H2,1-2H3,(H,28,30);3-8H2,1-2H3/t22-;/m1./s1. The van der Waals surface area contributed by atoms with E-state index in [0.717, 1.165) is 85.5 Å². The number of nitrogens with zero attached hydrogens (tertiary/aromatic N) is 5. The first kappa shape index (κ1) is 31.1. The lowest BCUT2D eigenvalue weighted by Crippen LogP contribution is -2.48. The van der Waals surface area contributed by atoms with Crippen molar-refractivity contribution in [3.8, 4) is 0 Å². The average molecular weight is 633 g/mol. The van der Waals surface area contributed by atoms with Gasteiger partial charge in [-0.15, -0.1) is 0 Å². The van der Waals surface area contributed by atoms with Gasteiger partial charge in [0.1, 0.15) is 11.2 Å². The lowest BCUT2D eigenvalue weighted by atomic mass is 9.92. The number of imidazole rings is 1. The number of carbonyl (C=O) groups excluding carboxylic acids is 2. The van der Waals surface area contributed by atoms with Gasteiger partial charge in [0.05, 0.1) is 30.0 Å². The van der Waals surface area contributed by atoms with Gasteiger partial charge in [-0.25, -0.2) is 14.6 Å². The van der Waals surface area contributed by atoms with Gasteiger partial charge >= 0.3 is 12.2 Å². The molecule has 2 aromatic heterocycles. The van der Waals surface area contributed by atoms with Gasteiger partial charge in [0, 0.05) is 50.9 Å². The number of pyridine rings is 1. The predicted molar refractivity (Wildman–Crippen MR) is 173 cm³/mol. The van der Waals surface area contributed by atoms with E-state index in [1.54, 1.807) is 18.7 Å². The van der Waals surface area contributed by atoms with Crippen molar-refractivity contribution in [2.75, 3.05) is 33.2 Å². The summed E-state index contributed by atoms with van der Waals surface area (Å²) >= 11 is 6.40. The van der Waals surface area contributed by atoms with Crippen molar-refractivity contribution in [2.24, 2.45) is 7.05 Å². The highest BCUT2D eigenvalue weighted by Gasteiger charge is 2.43. The van der Waals surface area contributed by atoms with Gasteiger partial charge in [0.2, 0.25) is 0 Å². The van der Waals surface area contributed by atoms with Gasteiger partial charge in [-0.3, -0.25) is 4.98 Å². The van der Waals surface area contributed by atoms with Crippen LogP contribution in [0.5, 0.6) is 0 Å². The number of likely N-dealkylation sites (N-methyl/N-ethyl adjacent to an activating group) is 1. The van der Waals surface area contributed by atoms with E-state index in [9.17, 15) is 9.59 Å². The van der Waals surface area contributed by atoms with Gasteiger partial charge in [0.15, 0.2) is 0 Å². The van der Waals surface area contributed by atoms with Gasteiger partial charge in [0.25, 0.3) is 0 Å². The molecule has 1 atom stereocenters. The van der Waals surface area contributed by atoms with E-state index in [0.29, 0.717) is 11.4 Å². The Labute approximate surface area is 269 Å². The summed E-state index contributed by atoms with van der Waals surface area (Å²) < 4.78 is 13.0. The van der Waals surface area contributed by atoms with Crippen molar-refractivity contribution in [3.63, 3.8) is 0 Å². The number of hydrogen-bond donors (Lipinski definition) is 1. The molecule has 2 saturated carbocycles. The predicted octanol–water partition coefficient (Wildman–Crippen LogP) is 5.86. The molecule has 11 heteroatoms. The highest BCUT2D eigenvalue weighted by molar-refractivity contribution is 6.30. The summed E-state index contributed by atoms with van der Waals surface area (Å²) in [4.78, 5) is 37.4. The number of ether oxygens (including phenoxy) is 2. The Morgan fingerprint density at radius 1 is 1.00 bits per heavy atom. The van der Waals surface area contributed by atoms with Crippen LogP contribution < -0.4 is 5.32 Å². The van der Waals surface area contributed by atoms with Crippen molar-refractivity contribution >= 4 is 35.4 Å². The summed E-state index contributed by atoms with van der Waals surface area (Å²) in [5.41, 5.74) is 5.35. The number of halogens is 1. The maximum absolute atomic E-state index is 12.8. The third kappa shape index (κ3) is 7.50. The summed E-state index contributed by atoms with van der Waals surface area (Å²) in [5, 5.41) is 3.73. The van der Waals surface area contributed by atoms with Crippen molar-refractivity contribution in [3.05, 3.63) is 82.2 Å². The molecule has 2 amide bonds. The molecule has 0 unspecified atom stereocenters. The van der Waals surface area contributed by atoms with Gasteiger partial charge in [-0.05, 0) is 93.1 Å². The second-order valence-corrected chi connectivity index (χ2v) is 13.5. The minimum absolute atomic E-state index is 0.127. The summed E-state index contributed by atoms with van der Waals surface area (Å²) in [6.07, 6.45) is 11.3. The molecule has 1 N–H and O–H groups in total. The molecule has 3 aliphatic carbocycles. The van der Waals surface area contributed by atoms with Crippen LogP contribution in [0.2, 0.25) is 5.02 Å². The Balaban J connectivity index is 0.000000213. The normalized spacial score (nSPS) is 19.8. The fourth-order valence-corrected chi connectivity index (χ4v) is 5.69. The van der Waals surface area contributed by atoms with Crippen LogP contribution in [0.15, 0.2) is 49.1 Å². The number of alkyl carbamates (subject to hydrolysis) is 1. The van der Waals surface area contributed by atoms with Crippen molar-refractivity contribution in [1.29, 1.82) is 0 Å². The molecule has 1 aliphatic heterocycles. The fourth-order valence-electron chi connectivity index (χ4n) is 5.51. The average Bonchev–Trinajstić information content (AvgIpc) is 3.89. The molecule has 0 spiro atoms. The number of fused-ring (bicyclic) bond motifs is 2. The van der Waals surface area contributed by atoms with Crippen molar-refractivity contribution in [2.45, 2.75) is 63.2 Å². The molecule has 1 saturated heterocycles. The number of aromatic nitrogens is 3. The number of nitrogens with one attached hydrogen (secondary N) is 1. The Kier molecular flexibility index (Phi) is 8.63. The molecular weight excluding hydrogens is 592 g/mol. The molecule has 3 heterocycles. The molecule has 1 aromatic carbocycles. The number of benzene rings is 1. The van der Waals surface area contributed by atoms with Crippen molar-refractivity contribution < 1.29 is 19.1 Å². The molecule has 10 nitrogen and oxygen atoms in total. The zero-order valence-corrected chi connectivity index (χ0v) is 27.1. The van der Waals surface area contributed by atoms with E-state index < -0.39 is 12.1 Å². The van der Waals surface area contributed by atoms with Gasteiger partial charge in [-0.1, -0.05) is 23.7 Å². The zero-order valence-electron chi connectivity index (χ0n) is 26.4. The fraction of sp³-hybridized carbons (Fsp3) is 0.471. The van der Waals surface area contributed by atoms with E-state index in [1.165, 1.54) is 0 Å². The van der Waals surface area contributed by atoms with Crippen LogP contribution in [0, 0.1) is 0 Å². The summed E-state index contributed by atoms with van der Waals surface area (Å²) in [5.74, 6) is 0. The monoisotopic (exact) mass is 632 g/mol. The lowest BCUT2D eigenvalue weighted by Gasteiger charge is -2.32. The van der Waals surface area contributed by atoms with Crippen LogP contribution in [-0.4, -0.2) is 81.0 Å². The maximum atomic E-state index is 12.8. The second kappa shape index (κ2) is 12.5. The summed E-state index contributed by atoms with van der Waals surface area (Å²) in [6.45, 7) is 7.45. The largest absolute Gasteiger partial charge is 0.443 e. The topological polar surface area (TPSA) is 102 Å². The molecule has 4 aliphatic rings. The number of aryl methyl sites for hydroxylation is 1. The van der Waals surface area contributed by atoms with Crippen LogP contribution in [0.4, 0.5) is 9.59 Å². The molecule has 3 aromatic rings. The van der Waals surface area contributed by atoms with E-state index in [1.807, 2.05) is 60.7 Å². The summed E-state index contributed by atoms with van der Waals surface area (Å²) in [7, 11) is 3.99. The molecule has 0 bridgehead atoms. The molecule has 0 radical (unpaired) electrons. The van der Waals surface area contributed by atoms with Crippen LogP contribution in [0.1, 0.15) is 73.7 Å². The maximum Gasteiger partial charge on any atom is 0.410 e. The molecule has 3 fully saturated rings. The quantitative estimate of drug-likeness (QED) is 0.376. The lowest BCUT2D eigenvalue weighted by molar-refractivity contribution is 0.0457. The van der Waals surface area contributed by atoms with Gasteiger partial charge in [-0.2, -0.15) is 0 Å². The summed E-state index contributed by atoms with van der Waals surface area (Å²) in [6, 6.07) is 9.36. The van der Waals surface area contributed by atoms with Gasteiger partial charge < -0.3 is 29.2 Å². The van der Waals surface area contributed by atoms with E-state index in [2.05, 4.69) is 33.3 Å². The molecular formula is C34H41ClN6O4. The highest BCUT2D eigenvalue weighted by atomic mass is 35.5. The number of hydrogen-bond acceptors (Lipinski definition) is 7. The number of amides is 2. The van der Waals surface area contributed by atoms with Crippen molar-refractivity contribution in [1.82, 2.24) is 29.7 Å². The van der Waals surface area contributed by atoms with E-state index in [4.69, 9.17) is 21.1 Å². The minimum atomic E-state index is -0.467. The van der Waals surface area contributed by atoms with E-state index >= 15 is 0 Å². The van der Waals surface area contributed by atoms with Crippen LogP contribution in [0.25, 0.3) is 11.6 Å². The molecule has 45 heavy (non-hydrogen) atoms. The van der Waals surface area contributed by atoms with Crippen LogP contribution >= 0.6 is 11.6 Å². The first-order valence-corrected chi connectivity index (χ1v) is 16.0. The molecule has 7 rings (SSSR count). The Bertz CT molecular complexity index is 1600. The number of piperazine rings is 1. The zero-order chi connectivity index (χ0) is 31.8. The smallest absolute Gasteiger partial charge is 0.410 e. The second-order valence-electron chi connectivity index (χ2n) is 13.1.